The Balaban J connectivity index is 1.38. The van der Waals surface area contributed by atoms with Gasteiger partial charge in [-0.05, 0) is 69.1 Å². The Hall–Kier alpha value is -2.40. The van der Waals surface area contributed by atoms with E-state index in [0.717, 1.165) is 48.0 Å². The molecule has 2 aliphatic heterocycles. The molecule has 1 fully saturated rings. The summed E-state index contributed by atoms with van der Waals surface area (Å²) < 4.78 is 5.93. The molecule has 2 aromatic rings. The fraction of sp³-hybridized carbons (Fsp3) is 0.455. The van der Waals surface area contributed by atoms with E-state index >= 15 is 0 Å². The molecule has 0 saturated carbocycles. The molecule has 0 N–H and O–H groups in total. The van der Waals surface area contributed by atoms with E-state index in [1.807, 2.05) is 12.3 Å². The maximum Gasteiger partial charge on any atom is 0.125 e. The third-order valence-corrected chi connectivity index (χ3v) is 5.30. The first-order chi connectivity index (χ1) is 13.3. The van der Waals surface area contributed by atoms with Crippen molar-refractivity contribution in [1.82, 2.24) is 9.88 Å². The van der Waals surface area contributed by atoms with Crippen LogP contribution in [0.2, 0.25) is 0 Å². The highest BCUT2D eigenvalue weighted by Crippen LogP contribution is 2.24. The van der Waals surface area contributed by atoms with E-state index in [4.69, 9.17) is 9.73 Å². The number of hydrogen-bond acceptors (Lipinski definition) is 5. The van der Waals surface area contributed by atoms with Gasteiger partial charge in [0.1, 0.15) is 11.9 Å². The van der Waals surface area contributed by atoms with Crippen LogP contribution in [-0.4, -0.2) is 42.3 Å². The first-order valence-corrected chi connectivity index (χ1v) is 10.1. The number of hydrogen-bond donors (Lipinski definition) is 0. The van der Waals surface area contributed by atoms with E-state index in [1.165, 1.54) is 25.9 Å². The van der Waals surface area contributed by atoms with E-state index in [1.54, 1.807) is 6.20 Å². The van der Waals surface area contributed by atoms with Crippen LogP contribution in [0.5, 0.6) is 5.75 Å². The minimum atomic E-state index is 0.118. The van der Waals surface area contributed by atoms with Crippen LogP contribution in [0.3, 0.4) is 0 Å². The Kier molecular flexibility index (Phi) is 5.68. The maximum absolute atomic E-state index is 5.93. The Labute approximate surface area is 161 Å². The average Bonchev–Trinajstić information content (AvgIpc) is 3.24. The number of benzene rings is 1. The summed E-state index contributed by atoms with van der Waals surface area (Å²) in [6, 6.07) is 10.3. The fourth-order valence-electron chi connectivity index (χ4n) is 3.81. The average molecular weight is 364 g/mol. The molecular weight excluding hydrogens is 336 g/mol. The van der Waals surface area contributed by atoms with Crippen molar-refractivity contribution >= 4 is 11.9 Å². The smallest absolute Gasteiger partial charge is 0.125 e. The van der Waals surface area contributed by atoms with Crippen LogP contribution in [0.15, 0.2) is 47.7 Å². The summed E-state index contributed by atoms with van der Waals surface area (Å²) in [5.41, 5.74) is 1.13. The molecule has 5 nitrogen and oxygen atoms in total. The van der Waals surface area contributed by atoms with Crippen molar-refractivity contribution in [2.24, 2.45) is 4.99 Å². The molecule has 0 bridgehead atoms. The second kappa shape index (κ2) is 8.53. The summed E-state index contributed by atoms with van der Waals surface area (Å²) in [5, 5.41) is 2.08. The van der Waals surface area contributed by atoms with Crippen LogP contribution in [0.1, 0.15) is 32.6 Å². The molecule has 142 valence electrons. The quantitative estimate of drug-likeness (QED) is 0.708. The van der Waals surface area contributed by atoms with Gasteiger partial charge in [-0.2, -0.15) is 0 Å². The molecule has 0 radical (unpaired) electrons. The summed E-state index contributed by atoms with van der Waals surface area (Å²) in [6.45, 7) is 6.59. The minimum Gasteiger partial charge on any atom is -0.494 e. The zero-order valence-corrected chi connectivity index (χ0v) is 16.1. The van der Waals surface area contributed by atoms with Crippen molar-refractivity contribution in [2.45, 2.75) is 38.8 Å². The van der Waals surface area contributed by atoms with Gasteiger partial charge < -0.3 is 14.5 Å². The van der Waals surface area contributed by atoms with Crippen LogP contribution in [0.25, 0.3) is 6.20 Å². The third kappa shape index (κ3) is 4.30. The number of likely N-dealkylation sites (tertiary alicyclic amines) is 1. The second-order valence-corrected chi connectivity index (χ2v) is 7.23. The van der Waals surface area contributed by atoms with Crippen molar-refractivity contribution in [1.29, 1.82) is 0 Å². The SMILES string of the molecule is CCC1N=c2ccncc2=CN1c1ccc(OCCCN2CCCC2)cc1. The predicted octanol–water partition coefficient (Wildman–Crippen LogP) is 2.56. The lowest BCUT2D eigenvalue weighted by Gasteiger charge is -2.29. The van der Waals surface area contributed by atoms with Crippen LogP contribution in [0, 0.1) is 0 Å². The van der Waals surface area contributed by atoms with Crippen LogP contribution in [-0.2, 0) is 0 Å². The van der Waals surface area contributed by atoms with Gasteiger partial charge in [-0.1, -0.05) is 6.92 Å². The van der Waals surface area contributed by atoms with Crippen LogP contribution >= 0.6 is 0 Å². The first-order valence-electron chi connectivity index (χ1n) is 10.1. The van der Waals surface area contributed by atoms with Gasteiger partial charge in [-0.15, -0.1) is 0 Å². The number of rotatable bonds is 7. The molecule has 3 heterocycles. The Morgan fingerprint density at radius 2 is 1.93 bits per heavy atom. The van der Waals surface area contributed by atoms with Gasteiger partial charge in [0.15, 0.2) is 0 Å². The molecule has 0 aliphatic carbocycles. The molecule has 4 rings (SSSR count). The summed E-state index contributed by atoms with van der Waals surface area (Å²) in [4.78, 5) is 13.8. The molecule has 27 heavy (non-hydrogen) atoms. The van der Waals surface area contributed by atoms with Crippen molar-refractivity contribution in [3.63, 3.8) is 0 Å². The van der Waals surface area contributed by atoms with Gasteiger partial charge in [0.2, 0.25) is 0 Å². The number of nitrogens with zero attached hydrogens (tertiary/aromatic N) is 4. The molecule has 1 saturated heterocycles. The van der Waals surface area contributed by atoms with Gasteiger partial charge in [-0.25, -0.2) is 0 Å². The molecule has 1 unspecified atom stereocenters. The highest BCUT2D eigenvalue weighted by Gasteiger charge is 2.17. The molecule has 0 amide bonds. The number of anilines is 1. The van der Waals surface area contributed by atoms with Crippen LogP contribution < -0.4 is 20.2 Å². The molecule has 0 spiro atoms. The molecule has 5 heteroatoms. The minimum absolute atomic E-state index is 0.118. The van der Waals surface area contributed by atoms with Crippen molar-refractivity contribution in [3.05, 3.63) is 53.3 Å². The Morgan fingerprint density at radius 1 is 1.11 bits per heavy atom. The van der Waals surface area contributed by atoms with E-state index in [9.17, 15) is 0 Å². The van der Waals surface area contributed by atoms with Gasteiger partial charge >= 0.3 is 0 Å². The van der Waals surface area contributed by atoms with Gasteiger partial charge in [-0.3, -0.25) is 9.98 Å². The lowest BCUT2D eigenvalue weighted by Crippen LogP contribution is -2.41. The van der Waals surface area contributed by atoms with Crippen molar-refractivity contribution in [2.75, 3.05) is 31.1 Å². The van der Waals surface area contributed by atoms with Crippen LogP contribution in [0.4, 0.5) is 5.69 Å². The fourth-order valence-corrected chi connectivity index (χ4v) is 3.81. The monoisotopic (exact) mass is 364 g/mol. The third-order valence-electron chi connectivity index (χ3n) is 5.30. The van der Waals surface area contributed by atoms with Crippen molar-refractivity contribution < 1.29 is 4.74 Å². The van der Waals surface area contributed by atoms with Gasteiger partial charge in [0.05, 0.1) is 12.0 Å². The Morgan fingerprint density at radius 3 is 2.70 bits per heavy atom. The maximum atomic E-state index is 5.93. The largest absolute Gasteiger partial charge is 0.494 e. The van der Waals surface area contributed by atoms with E-state index in [0.29, 0.717) is 0 Å². The number of aromatic nitrogens is 1. The molecule has 1 aromatic heterocycles. The second-order valence-electron chi connectivity index (χ2n) is 7.23. The standard InChI is InChI=1S/C22H28N4O/c1-2-22-24-21-10-11-23-16-18(21)17-26(22)19-6-8-20(9-7-19)27-15-5-14-25-12-3-4-13-25/h6-11,16-17,22H,2-5,12-15H2,1H3. The number of pyridine rings is 1. The zero-order chi connectivity index (χ0) is 18.5. The first kappa shape index (κ1) is 18.0. The predicted molar refractivity (Wildman–Crippen MR) is 108 cm³/mol. The summed E-state index contributed by atoms with van der Waals surface area (Å²) >= 11 is 0. The molecular formula is C22H28N4O. The lowest BCUT2D eigenvalue weighted by atomic mass is 10.2. The summed E-state index contributed by atoms with van der Waals surface area (Å²) in [7, 11) is 0. The molecule has 1 aromatic carbocycles. The number of ether oxygens (including phenoxy) is 1. The van der Waals surface area contributed by atoms with Gasteiger partial charge in [0, 0.05) is 36.0 Å². The van der Waals surface area contributed by atoms with E-state index in [-0.39, 0.29) is 6.17 Å². The highest BCUT2D eigenvalue weighted by molar-refractivity contribution is 5.61. The van der Waals surface area contributed by atoms with Gasteiger partial charge in [0.25, 0.3) is 0 Å². The molecule has 1 atom stereocenters. The van der Waals surface area contributed by atoms with E-state index in [2.05, 4.69) is 52.2 Å². The lowest BCUT2D eigenvalue weighted by molar-refractivity contribution is 0.263. The topological polar surface area (TPSA) is 41.0 Å². The zero-order valence-electron chi connectivity index (χ0n) is 16.1. The normalized spacial score (nSPS) is 19.3. The Bertz CT molecular complexity index is 859. The molecule has 2 aliphatic rings. The van der Waals surface area contributed by atoms with E-state index < -0.39 is 0 Å². The van der Waals surface area contributed by atoms with Crippen molar-refractivity contribution in [3.8, 4) is 5.75 Å². The highest BCUT2D eigenvalue weighted by atomic mass is 16.5. The summed E-state index contributed by atoms with van der Waals surface area (Å²) in [5.74, 6) is 0.934. The number of fused-ring (bicyclic) bond motifs is 1. The summed E-state index contributed by atoms with van der Waals surface area (Å²) in [6.07, 6.45) is 10.7.